The van der Waals surface area contributed by atoms with Crippen LogP contribution in [0.1, 0.15) is 58.1 Å². The zero-order valence-electron chi connectivity index (χ0n) is 23.3. The largest absolute Gasteiger partial charge is 0.492 e. The molecule has 3 rings (SSSR count). The van der Waals surface area contributed by atoms with E-state index in [1.165, 1.54) is 32.1 Å². The smallest absolute Gasteiger partial charge is 0.490 e. The van der Waals surface area contributed by atoms with Crippen molar-refractivity contribution in [3.63, 3.8) is 0 Å². The summed E-state index contributed by atoms with van der Waals surface area (Å²) in [7, 11) is 0. The first kappa shape index (κ1) is 32.6. The molecular formula is C28H40F3N5O4. The predicted molar refractivity (Wildman–Crippen MR) is 147 cm³/mol. The molecule has 0 aliphatic heterocycles. The molecule has 0 bridgehead atoms. The number of nitrogens with zero attached hydrogens (tertiary/aromatic N) is 2. The Morgan fingerprint density at radius 1 is 1.10 bits per heavy atom. The van der Waals surface area contributed by atoms with Gasteiger partial charge in [0.25, 0.3) is 0 Å². The third-order valence-corrected chi connectivity index (χ3v) is 6.13. The van der Waals surface area contributed by atoms with Gasteiger partial charge in [-0.3, -0.25) is 4.79 Å². The molecule has 1 fully saturated rings. The van der Waals surface area contributed by atoms with Crippen LogP contribution in [0.15, 0.2) is 36.4 Å². The molecule has 1 aliphatic carbocycles. The van der Waals surface area contributed by atoms with Crippen molar-refractivity contribution >= 4 is 23.6 Å². The predicted octanol–water partition coefficient (Wildman–Crippen LogP) is 5.43. The highest BCUT2D eigenvalue weighted by molar-refractivity contribution is 5.84. The van der Waals surface area contributed by atoms with Gasteiger partial charge in [0.15, 0.2) is 0 Å². The number of anilines is 2. The van der Waals surface area contributed by atoms with Crippen molar-refractivity contribution in [2.75, 3.05) is 30.3 Å². The maximum atomic E-state index is 12.9. The van der Waals surface area contributed by atoms with Crippen molar-refractivity contribution in [2.45, 2.75) is 71.5 Å². The van der Waals surface area contributed by atoms with Crippen molar-refractivity contribution < 1.29 is 32.6 Å². The summed E-state index contributed by atoms with van der Waals surface area (Å²) in [6.07, 6.45) is 2.15. The van der Waals surface area contributed by atoms with E-state index in [0.717, 1.165) is 18.0 Å². The maximum Gasteiger partial charge on any atom is 0.490 e. The Morgan fingerprint density at radius 3 is 2.35 bits per heavy atom. The Labute approximate surface area is 233 Å². The molecule has 1 aromatic heterocycles. The van der Waals surface area contributed by atoms with E-state index in [-0.39, 0.29) is 11.9 Å². The number of ether oxygens (including phenoxy) is 1. The highest BCUT2D eigenvalue weighted by atomic mass is 19.4. The minimum atomic E-state index is -5.08. The lowest BCUT2D eigenvalue weighted by Gasteiger charge is -2.23. The van der Waals surface area contributed by atoms with Gasteiger partial charge in [0.1, 0.15) is 24.2 Å². The first-order chi connectivity index (χ1) is 18.9. The Morgan fingerprint density at radius 2 is 1.75 bits per heavy atom. The van der Waals surface area contributed by atoms with E-state index in [0.29, 0.717) is 43.2 Å². The molecule has 0 spiro atoms. The number of aromatic nitrogens is 2. The van der Waals surface area contributed by atoms with Crippen LogP contribution in [0.25, 0.3) is 0 Å². The number of hydrogen-bond donors (Lipinski definition) is 4. The van der Waals surface area contributed by atoms with Gasteiger partial charge >= 0.3 is 12.1 Å². The molecule has 40 heavy (non-hydrogen) atoms. The molecule has 1 amide bonds. The van der Waals surface area contributed by atoms with Crippen LogP contribution in [0.3, 0.4) is 0 Å². The third-order valence-electron chi connectivity index (χ3n) is 6.13. The van der Waals surface area contributed by atoms with E-state index in [1.807, 2.05) is 43.3 Å². The summed E-state index contributed by atoms with van der Waals surface area (Å²) >= 11 is 0. The van der Waals surface area contributed by atoms with Crippen LogP contribution < -0.4 is 20.7 Å². The summed E-state index contributed by atoms with van der Waals surface area (Å²) in [5.41, 5.74) is 0.874. The van der Waals surface area contributed by atoms with E-state index >= 15 is 0 Å². The fourth-order valence-corrected chi connectivity index (χ4v) is 4.21. The van der Waals surface area contributed by atoms with E-state index in [2.05, 4.69) is 39.8 Å². The number of halogens is 3. The summed E-state index contributed by atoms with van der Waals surface area (Å²) in [6, 6.07) is 11.1. The summed E-state index contributed by atoms with van der Waals surface area (Å²) in [4.78, 5) is 31.0. The molecule has 2 aromatic rings. The number of carboxylic acid groups (broad SMARTS) is 1. The molecular weight excluding hydrogens is 527 g/mol. The molecule has 0 unspecified atom stereocenters. The van der Waals surface area contributed by atoms with Gasteiger partial charge in [-0.15, -0.1) is 0 Å². The van der Waals surface area contributed by atoms with Crippen LogP contribution in [0.2, 0.25) is 0 Å². The van der Waals surface area contributed by atoms with Gasteiger partial charge in [-0.25, -0.2) is 9.78 Å². The van der Waals surface area contributed by atoms with Gasteiger partial charge < -0.3 is 25.8 Å². The number of para-hydroxylation sites is 1. The average molecular weight is 568 g/mol. The highest BCUT2D eigenvalue weighted by Gasteiger charge is 2.38. The topological polar surface area (TPSA) is 125 Å². The van der Waals surface area contributed by atoms with Crippen LogP contribution in [-0.4, -0.2) is 58.9 Å². The standard InChI is InChI=1S/C26H39N5O2.C2HF3O2/c1-19(2)16-23(25(32)27-14-15-33-22-12-8-5-9-13-22)30-24-17-20(3)29-26(31-24)28-18-21-10-6-4-7-11-21;3-2(4,5)1(6)7/h5,8-9,12-13,17,19,21,23H,4,6-7,10-11,14-16,18H2,1-3H3,(H,27,32)(H2,28,29,30,31);(H,6,7)/t23-;/m0./s1. The number of amides is 1. The number of alkyl halides is 3. The lowest BCUT2D eigenvalue weighted by Crippen LogP contribution is -2.42. The maximum absolute atomic E-state index is 12.9. The number of rotatable bonds is 12. The number of carbonyl (C=O) groups excluding carboxylic acids is 1. The molecule has 12 heteroatoms. The summed E-state index contributed by atoms with van der Waals surface area (Å²) < 4.78 is 37.4. The second kappa shape index (κ2) is 16.5. The second-order valence-electron chi connectivity index (χ2n) is 10.2. The van der Waals surface area contributed by atoms with Gasteiger partial charge in [-0.2, -0.15) is 18.2 Å². The van der Waals surface area contributed by atoms with Gasteiger partial charge in [0.2, 0.25) is 11.9 Å². The van der Waals surface area contributed by atoms with Crippen LogP contribution in [0.4, 0.5) is 24.9 Å². The zero-order chi connectivity index (χ0) is 29.5. The molecule has 0 saturated heterocycles. The zero-order valence-corrected chi connectivity index (χ0v) is 23.3. The Balaban J connectivity index is 0.000000708. The van der Waals surface area contributed by atoms with Crippen molar-refractivity contribution in [1.82, 2.24) is 15.3 Å². The molecule has 0 radical (unpaired) electrons. The fourth-order valence-electron chi connectivity index (χ4n) is 4.21. The van der Waals surface area contributed by atoms with Gasteiger partial charge in [0, 0.05) is 18.3 Å². The van der Waals surface area contributed by atoms with E-state index < -0.39 is 12.1 Å². The lowest BCUT2D eigenvalue weighted by molar-refractivity contribution is -0.192. The van der Waals surface area contributed by atoms with E-state index in [1.54, 1.807) is 0 Å². The van der Waals surface area contributed by atoms with Crippen molar-refractivity contribution in [2.24, 2.45) is 11.8 Å². The summed E-state index contributed by atoms with van der Waals surface area (Å²) in [5, 5.41) is 16.9. The summed E-state index contributed by atoms with van der Waals surface area (Å²) in [6.45, 7) is 7.95. The van der Waals surface area contributed by atoms with Crippen LogP contribution in [-0.2, 0) is 9.59 Å². The normalized spacial score (nSPS) is 14.5. The number of benzene rings is 1. The quantitative estimate of drug-likeness (QED) is 0.250. The Bertz CT molecular complexity index is 1050. The fraction of sp³-hybridized carbons (Fsp3) is 0.571. The number of aryl methyl sites for hydroxylation is 1. The molecule has 1 aromatic carbocycles. The van der Waals surface area contributed by atoms with Gasteiger partial charge in [0.05, 0.1) is 6.54 Å². The minimum Gasteiger partial charge on any atom is -0.492 e. The minimum absolute atomic E-state index is 0.0478. The molecule has 1 aliphatic rings. The van der Waals surface area contributed by atoms with Crippen LogP contribution in [0.5, 0.6) is 5.75 Å². The lowest BCUT2D eigenvalue weighted by atomic mass is 9.89. The number of nitrogens with one attached hydrogen (secondary N) is 3. The molecule has 1 saturated carbocycles. The molecule has 222 valence electrons. The second-order valence-corrected chi connectivity index (χ2v) is 10.2. The van der Waals surface area contributed by atoms with Crippen molar-refractivity contribution in [1.29, 1.82) is 0 Å². The Kier molecular flexibility index (Phi) is 13.5. The first-order valence-electron chi connectivity index (χ1n) is 13.6. The van der Waals surface area contributed by atoms with Crippen LogP contribution in [0, 0.1) is 18.8 Å². The number of aliphatic carboxylic acids is 1. The van der Waals surface area contributed by atoms with Crippen molar-refractivity contribution in [3.05, 3.63) is 42.1 Å². The molecule has 4 N–H and O–H groups in total. The third kappa shape index (κ3) is 13.0. The monoisotopic (exact) mass is 567 g/mol. The first-order valence-corrected chi connectivity index (χ1v) is 13.6. The van der Waals surface area contributed by atoms with Crippen LogP contribution >= 0.6 is 0 Å². The average Bonchev–Trinajstić information content (AvgIpc) is 2.90. The molecule has 9 nitrogen and oxygen atoms in total. The number of carbonyl (C=O) groups is 2. The number of hydrogen-bond acceptors (Lipinski definition) is 7. The molecule has 1 heterocycles. The SMILES string of the molecule is Cc1cc(N[C@@H](CC(C)C)C(=O)NCCOc2ccccc2)nc(NCC2CCCCC2)n1.O=C(O)C(F)(F)F. The number of carboxylic acids is 1. The molecule has 1 atom stereocenters. The van der Waals surface area contributed by atoms with Gasteiger partial charge in [-0.1, -0.05) is 51.3 Å². The van der Waals surface area contributed by atoms with Crippen molar-refractivity contribution in [3.8, 4) is 5.75 Å². The van der Waals surface area contributed by atoms with E-state index in [4.69, 9.17) is 14.6 Å². The van der Waals surface area contributed by atoms with E-state index in [9.17, 15) is 18.0 Å². The highest BCUT2D eigenvalue weighted by Crippen LogP contribution is 2.24. The Hall–Kier alpha value is -3.57. The van der Waals surface area contributed by atoms with Gasteiger partial charge in [-0.05, 0) is 50.2 Å². The summed E-state index contributed by atoms with van der Waals surface area (Å²) in [5.74, 6) is 0.352.